The molecule has 3 aromatic rings. The molecule has 5 nitrogen and oxygen atoms in total. The van der Waals surface area contributed by atoms with Crippen molar-refractivity contribution >= 4 is 16.9 Å². The van der Waals surface area contributed by atoms with E-state index in [1.807, 2.05) is 0 Å². The number of rotatable bonds is 2. The molecule has 0 aliphatic rings. The van der Waals surface area contributed by atoms with Crippen molar-refractivity contribution in [2.45, 2.75) is 12.8 Å². The summed E-state index contributed by atoms with van der Waals surface area (Å²) < 4.78 is 41.3. The van der Waals surface area contributed by atoms with Gasteiger partial charge in [0.1, 0.15) is 0 Å². The first-order valence-corrected chi connectivity index (χ1v) is 6.00. The van der Waals surface area contributed by atoms with E-state index in [2.05, 4.69) is 15.0 Å². The van der Waals surface area contributed by atoms with Crippen LogP contribution in [0, 0.1) is 5.82 Å². The Morgan fingerprint density at radius 1 is 1.24 bits per heavy atom. The lowest BCUT2D eigenvalue weighted by Crippen LogP contribution is -2.08. The van der Waals surface area contributed by atoms with E-state index >= 15 is 0 Å². The van der Waals surface area contributed by atoms with E-state index in [0.29, 0.717) is 11.0 Å². The van der Waals surface area contributed by atoms with E-state index in [4.69, 9.17) is 5.73 Å². The number of nitrogens with two attached hydrogens (primary N) is 1. The maximum Gasteiger partial charge on any atom is 0.272 e. The molecule has 2 N–H and O–H groups in total. The molecule has 0 fully saturated rings. The summed E-state index contributed by atoms with van der Waals surface area (Å²) in [7, 11) is 0. The third-order valence-electron chi connectivity index (χ3n) is 3.02. The van der Waals surface area contributed by atoms with Crippen molar-refractivity contribution in [2.75, 3.05) is 5.73 Å². The van der Waals surface area contributed by atoms with Gasteiger partial charge in [0.15, 0.2) is 11.6 Å². The average Bonchev–Trinajstić information content (AvgIpc) is 2.84. The van der Waals surface area contributed by atoms with Crippen molar-refractivity contribution in [3.8, 4) is 5.95 Å². The number of nitrogen functional groups attached to an aromatic ring is 1. The summed E-state index contributed by atoms with van der Waals surface area (Å²) in [6.45, 7) is 0.787. The Balaban J connectivity index is 2.20. The Morgan fingerprint density at radius 3 is 2.67 bits per heavy atom. The summed E-state index contributed by atoms with van der Waals surface area (Å²) in [6.07, 6.45) is 3.60. The van der Waals surface area contributed by atoms with E-state index in [-0.39, 0.29) is 17.3 Å². The van der Waals surface area contributed by atoms with Gasteiger partial charge in [-0.25, -0.2) is 18.2 Å². The number of anilines is 1. The lowest BCUT2D eigenvalue weighted by atomic mass is 10.1. The Bertz CT molecular complexity index is 822. The van der Waals surface area contributed by atoms with Crippen LogP contribution in [0.3, 0.4) is 0 Å². The largest absolute Gasteiger partial charge is 0.381 e. The summed E-state index contributed by atoms with van der Waals surface area (Å²) in [4.78, 5) is 11.6. The van der Waals surface area contributed by atoms with Crippen molar-refractivity contribution < 1.29 is 13.2 Å². The van der Waals surface area contributed by atoms with Crippen molar-refractivity contribution in [1.29, 1.82) is 0 Å². The van der Waals surface area contributed by atoms with E-state index < -0.39 is 11.7 Å². The minimum Gasteiger partial charge on any atom is -0.381 e. The van der Waals surface area contributed by atoms with Crippen LogP contribution < -0.4 is 5.73 Å². The highest BCUT2D eigenvalue weighted by Crippen LogP contribution is 2.29. The predicted octanol–water partition coefficient (Wildman–Crippen LogP) is 2.65. The Hall–Kier alpha value is -2.64. The quantitative estimate of drug-likeness (QED) is 0.788. The third-order valence-corrected chi connectivity index (χ3v) is 3.02. The van der Waals surface area contributed by atoms with Gasteiger partial charge in [-0.05, 0) is 12.1 Å². The van der Waals surface area contributed by atoms with Crippen molar-refractivity contribution in [1.82, 2.24) is 19.5 Å². The lowest BCUT2D eigenvalue weighted by Gasteiger charge is -2.11. The topological polar surface area (TPSA) is 69.6 Å². The number of nitrogens with zero attached hydrogens (tertiary/aromatic N) is 4. The molecule has 8 heteroatoms. The van der Waals surface area contributed by atoms with Crippen LogP contribution in [0.15, 0.2) is 30.7 Å². The molecule has 0 aromatic carbocycles. The molecular weight excluding hydrogens is 283 g/mol. The predicted molar refractivity (Wildman–Crippen MR) is 70.6 cm³/mol. The van der Waals surface area contributed by atoms with E-state index in [1.54, 1.807) is 12.3 Å². The van der Waals surface area contributed by atoms with Crippen molar-refractivity contribution in [3.05, 3.63) is 42.1 Å². The number of fused-ring (bicyclic) bond motifs is 1. The first kappa shape index (κ1) is 13.3. The van der Waals surface area contributed by atoms with Gasteiger partial charge in [0, 0.05) is 24.9 Å². The lowest BCUT2D eigenvalue weighted by molar-refractivity contribution is 0.0172. The molecule has 21 heavy (non-hydrogen) atoms. The van der Waals surface area contributed by atoms with Crippen LogP contribution in [-0.2, 0) is 5.92 Å². The van der Waals surface area contributed by atoms with Gasteiger partial charge in [0.25, 0.3) is 5.92 Å². The van der Waals surface area contributed by atoms with Gasteiger partial charge < -0.3 is 5.73 Å². The second kappa shape index (κ2) is 4.44. The Morgan fingerprint density at radius 2 is 2.00 bits per heavy atom. The number of pyridine rings is 1. The maximum atomic E-state index is 13.4. The van der Waals surface area contributed by atoms with Crippen LogP contribution in [0.1, 0.15) is 12.5 Å². The monoisotopic (exact) mass is 293 g/mol. The zero-order valence-electron chi connectivity index (χ0n) is 10.9. The Kier molecular flexibility index (Phi) is 2.82. The zero-order valence-corrected chi connectivity index (χ0v) is 10.9. The second-order valence-electron chi connectivity index (χ2n) is 4.61. The average molecular weight is 293 g/mol. The molecule has 0 unspecified atom stereocenters. The van der Waals surface area contributed by atoms with Gasteiger partial charge in [-0.15, -0.1) is 0 Å². The molecule has 3 aromatic heterocycles. The molecule has 0 radical (unpaired) electrons. The zero-order chi connectivity index (χ0) is 15.2. The molecule has 0 amide bonds. The number of aromatic nitrogens is 4. The normalized spacial score (nSPS) is 12.0. The molecular formula is C13H10F3N5. The summed E-state index contributed by atoms with van der Waals surface area (Å²) in [5.41, 5.74) is 6.05. The van der Waals surface area contributed by atoms with Crippen LogP contribution in [0.5, 0.6) is 0 Å². The van der Waals surface area contributed by atoms with Gasteiger partial charge >= 0.3 is 0 Å². The van der Waals surface area contributed by atoms with Crippen molar-refractivity contribution in [2.24, 2.45) is 0 Å². The fourth-order valence-electron chi connectivity index (χ4n) is 1.91. The number of hydrogen-bond donors (Lipinski definition) is 1. The standard InChI is InChI=1S/C13H10F3N5/c1-13(15,16)7-4-10-9(18-5-7)2-3-21(10)12-19-6-8(14)11(17)20-12/h2-6H,1H3,(H2,17,19,20). The highest BCUT2D eigenvalue weighted by atomic mass is 19.3. The second-order valence-corrected chi connectivity index (χ2v) is 4.61. The number of halogens is 3. The number of hydrogen-bond acceptors (Lipinski definition) is 4. The third kappa shape index (κ3) is 2.28. The molecule has 0 aliphatic heterocycles. The number of alkyl halides is 2. The van der Waals surface area contributed by atoms with Crippen molar-refractivity contribution in [3.63, 3.8) is 0 Å². The first-order chi connectivity index (χ1) is 9.86. The smallest absolute Gasteiger partial charge is 0.272 e. The van der Waals surface area contributed by atoms with Crippen LogP contribution in [0.25, 0.3) is 17.0 Å². The SMILES string of the molecule is CC(F)(F)c1cnc2ccn(-c3ncc(F)c(N)n3)c2c1. The molecule has 0 aliphatic carbocycles. The van der Waals surface area contributed by atoms with Gasteiger partial charge in [0.2, 0.25) is 5.95 Å². The van der Waals surface area contributed by atoms with Gasteiger partial charge in [0.05, 0.1) is 17.2 Å². The van der Waals surface area contributed by atoms with E-state index in [0.717, 1.165) is 19.3 Å². The fraction of sp³-hybridized carbons (Fsp3) is 0.154. The maximum absolute atomic E-state index is 13.4. The molecule has 108 valence electrons. The molecule has 0 saturated heterocycles. The molecule has 3 heterocycles. The molecule has 0 saturated carbocycles. The molecule has 0 spiro atoms. The fourth-order valence-corrected chi connectivity index (χ4v) is 1.91. The summed E-state index contributed by atoms with van der Waals surface area (Å²) in [5, 5.41) is 0. The van der Waals surface area contributed by atoms with Crippen LogP contribution >= 0.6 is 0 Å². The summed E-state index contributed by atoms with van der Waals surface area (Å²) >= 11 is 0. The van der Waals surface area contributed by atoms with Crippen LogP contribution in [0.2, 0.25) is 0 Å². The minimum absolute atomic E-state index is 0.0854. The van der Waals surface area contributed by atoms with Gasteiger partial charge in [-0.2, -0.15) is 4.98 Å². The van der Waals surface area contributed by atoms with Crippen LogP contribution in [-0.4, -0.2) is 19.5 Å². The van der Waals surface area contributed by atoms with E-state index in [1.165, 1.54) is 10.6 Å². The van der Waals surface area contributed by atoms with E-state index in [9.17, 15) is 13.2 Å². The Labute approximate surface area is 117 Å². The molecule has 0 atom stereocenters. The van der Waals surface area contributed by atoms with Crippen LogP contribution in [0.4, 0.5) is 19.0 Å². The molecule has 0 bridgehead atoms. The highest BCUT2D eigenvalue weighted by molar-refractivity contribution is 5.78. The van der Waals surface area contributed by atoms with Gasteiger partial charge in [-0.3, -0.25) is 9.55 Å². The summed E-state index contributed by atoms with van der Waals surface area (Å²) in [5.74, 6) is -3.98. The first-order valence-electron chi connectivity index (χ1n) is 6.00. The molecule has 3 rings (SSSR count). The van der Waals surface area contributed by atoms with Gasteiger partial charge in [-0.1, -0.05) is 0 Å². The highest BCUT2D eigenvalue weighted by Gasteiger charge is 2.25. The minimum atomic E-state index is -3.01. The summed E-state index contributed by atoms with van der Waals surface area (Å²) in [6, 6.07) is 2.92.